The Balaban J connectivity index is 2.76. The Morgan fingerprint density at radius 3 is 2.35 bits per heavy atom. The van der Waals surface area contributed by atoms with Gasteiger partial charge < -0.3 is 16.2 Å². The second-order valence-electron chi connectivity index (χ2n) is 4.46. The van der Waals surface area contributed by atoms with Gasteiger partial charge in [-0.15, -0.1) is 0 Å². The molecule has 0 aliphatic rings. The number of hydrogen-bond donors (Lipinski definition) is 3. The van der Waals surface area contributed by atoms with Gasteiger partial charge in [0.2, 0.25) is 0 Å². The minimum Gasteiger partial charge on any atom is -0.399 e. The van der Waals surface area contributed by atoms with Crippen molar-refractivity contribution in [2.24, 2.45) is 0 Å². The number of nitrogens with two attached hydrogens (primary N) is 1. The molecule has 3 nitrogen and oxygen atoms in total. The van der Waals surface area contributed by atoms with Crippen LogP contribution in [-0.4, -0.2) is 17.3 Å². The Hall–Kier alpha value is -0.640. The number of hydrogen-bond acceptors (Lipinski definition) is 3. The third kappa shape index (κ3) is 4.26. The lowest BCUT2D eigenvalue weighted by Gasteiger charge is -2.24. The zero-order valence-electron chi connectivity index (χ0n) is 10.1. The van der Waals surface area contributed by atoms with Crippen LogP contribution >= 0.6 is 23.2 Å². The Morgan fingerprint density at radius 1 is 1.35 bits per heavy atom. The summed E-state index contributed by atoms with van der Waals surface area (Å²) in [7, 11) is 0. The standard InChI is InChI=1S/C12H18Cl2N2O/c1-3-4-12(2,17)7-16-11-9(13)5-8(15)6-10(11)14/h5-6,16-17H,3-4,7,15H2,1-2H3. The molecule has 17 heavy (non-hydrogen) atoms. The molecule has 1 unspecified atom stereocenters. The monoisotopic (exact) mass is 276 g/mol. The molecule has 1 aromatic rings. The summed E-state index contributed by atoms with van der Waals surface area (Å²) >= 11 is 12.1. The van der Waals surface area contributed by atoms with Crippen molar-refractivity contribution in [1.29, 1.82) is 0 Å². The topological polar surface area (TPSA) is 58.3 Å². The molecule has 0 radical (unpaired) electrons. The maximum atomic E-state index is 10.0. The average molecular weight is 277 g/mol. The van der Waals surface area contributed by atoms with Gasteiger partial charge in [-0.2, -0.15) is 0 Å². The van der Waals surface area contributed by atoms with E-state index >= 15 is 0 Å². The summed E-state index contributed by atoms with van der Waals surface area (Å²) in [6.45, 7) is 4.20. The van der Waals surface area contributed by atoms with E-state index in [2.05, 4.69) is 5.32 Å². The summed E-state index contributed by atoms with van der Waals surface area (Å²) in [5.41, 5.74) is 5.97. The molecule has 0 saturated heterocycles. The summed E-state index contributed by atoms with van der Waals surface area (Å²) in [5, 5.41) is 14.0. The van der Waals surface area contributed by atoms with E-state index in [0.29, 0.717) is 34.4 Å². The van der Waals surface area contributed by atoms with E-state index in [1.807, 2.05) is 6.92 Å². The van der Waals surface area contributed by atoms with Crippen LogP contribution < -0.4 is 11.1 Å². The van der Waals surface area contributed by atoms with E-state index in [1.54, 1.807) is 19.1 Å². The van der Waals surface area contributed by atoms with Gasteiger partial charge in [0, 0.05) is 12.2 Å². The maximum absolute atomic E-state index is 10.0. The summed E-state index contributed by atoms with van der Waals surface area (Å²) in [6.07, 6.45) is 1.63. The second kappa shape index (κ2) is 5.80. The molecule has 1 aromatic carbocycles. The van der Waals surface area contributed by atoms with Crippen LogP contribution in [0.2, 0.25) is 10.0 Å². The van der Waals surface area contributed by atoms with Crippen molar-refractivity contribution in [1.82, 2.24) is 0 Å². The van der Waals surface area contributed by atoms with Gasteiger partial charge in [-0.1, -0.05) is 36.5 Å². The van der Waals surface area contributed by atoms with Gasteiger partial charge in [0.15, 0.2) is 0 Å². The van der Waals surface area contributed by atoms with Gasteiger partial charge in [0.25, 0.3) is 0 Å². The van der Waals surface area contributed by atoms with Crippen LogP contribution in [-0.2, 0) is 0 Å². The summed E-state index contributed by atoms with van der Waals surface area (Å²) in [5.74, 6) is 0. The van der Waals surface area contributed by atoms with Crippen molar-refractivity contribution in [3.05, 3.63) is 22.2 Å². The minimum absolute atomic E-state index is 0.393. The van der Waals surface area contributed by atoms with Crippen LogP contribution in [0.3, 0.4) is 0 Å². The van der Waals surface area contributed by atoms with Crippen LogP contribution in [0, 0.1) is 0 Å². The molecule has 0 fully saturated rings. The molecule has 0 aromatic heterocycles. The van der Waals surface area contributed by atoms with E-state index in [4.69, 9.17) is 28.9 Å². The molecule has 5 heteroatoms. The van der Waals surface area contributed by atoms with Gasteiger partial charge in [-0.25, -0.2) is 0 Å². The summed E-state index contributed by atoms with van der Waals surface area (Å²) < 4.78 is 0. The Morgan fingerprint density at radius 2 is 1.88 bits per heavy atom. The molecule has 0 aliphatic carbocycles. The molecule has 96 valence electrons. The highest BCUT2D eigenvalue weighted by molar-refractivity contribution is 6.39. The molecule has 0 bridgehead atoms. The Kier molecular flexibility index (Phi) is 4.92. The van der Waals surface area contributed by atoms with Crippen molar-refractivity contribution in [3.8, 4) is 0 Å². The van der Waals surface area contributed by atoms with Crippen molar-refractivity contribution in [3.63, 3.8) is 0 Å². The smallest absolute Gasteiger partial charge is 0.0791 e. The third-order valence-electron chi connectivity index (χ3n) is 2.50. The normalized spacial score (nSPS) is 14.4. The van der Waals surface area contributed by atoms with E-state index in [1.165, 1.54) is 0 Å². The van der Waals surface area contributed by atoms with Crippen LogP contribution in [0.15, 0.2) is 12.1 Å². The number of nitrogen functional groups attached to an aromatic ring is 1. The zero-order chi connectivity index (χ0) is 13.1. The molecule has 0 amide bonds. The highest BCUT2D eigenvalue weighted by Gasteiger charge is 2.19. The number of anilines is 2. The highest BCUT2D eigenvalue weighted by atomic mass is 35.5. The predicted octanol–water partition coefficient (Wildman–Crippen LogP) is 3.54. The Bertz CT molecular complexity index is 371. The first-order valence-electron chi connectivity index (χ1n) is 5.56. The fourth-order valence-electron chi connectivity index (χ4n) is 1.67. The quantitative estimate of drug-likeness (QED) is 0.721. The number of halogens is 2. The lowest BCUT2D eigenvalue weighted by atomic mass is 10.0. The zero-order valence-corrected chi connectivity index (χ0v) is 11.6. The molecule has 0 spiro atoms. The first-order valence-corrected chi connectivity index (χ1v) is 6.32. The highest BCUT2D eigenvalue weighted by Crippen LogP contribution is 2.33. The molecule has 0 saturated carbocycles. The van der Waals surface area contributed by atoms with Crippen LogP contribution in [0.4, 0.5) is 11.4 Å². The molecule has 1 atom stereocenters. The summed E-state index contributed by atoms with van der Waals surface area (Å²) in [6, 6.07) is 3.26. The van der Waals surface area contributed by atoms with Gasteiger partial charge in [0.1, 0.15) is 0 Å². The Labute approximate surface area is 112 Å². The molecular formula is C12H18Cl2N2O. The lowest BCUT2D eigenvalue weighted by molar-refractivity contribution is 0.0637. The molecule has 1 rings (SSSR count). The third-order valence-corrected chi connectivity index (χ3v) is 3.10. The van der Waals surface area contributed by atoms with Crippen LogP contribution in [0.1, 0.15) is 26.7 Å². The van der Waals surface area contributed by atoms with Crippen molar-refractivity contribution in [2.75, 3.05) is 17.6 Å². The predicted molar refractivity (Wildman–Crippen MR) is 74.9 cm³/mol. The number of rotatable bonds is 5. The largest absolute Gasteiger partial charge is 0.399 e. The molecule has 0 aliphatic heterocycles. The summed E-state index contributed by atoms with van der Waals surface area (Å²) in [4.78, 5) is 0. The van der Waals surface area contributed by atoms with Gasteiger partial charge in [-0.05, 0) is 25.5 Å². The van der Waals surface area contributed by atoms with Gasteiger partial charge in [0.05, 0.1) is 21.3 Å². The molecule has 4 N–H and O–H groups in total. The van der Waals surface area contributed by atoms with Gasteiger partial charge >= 0.3 is 0 Å². The van der Waals surface area contributed by atoms with E-state index < -0.39 is 5.60 Å². The molecular weight excluding hydrogens is 259 g/mol. The first-order chi connectivity index (χ1) is 7.85. The molecule has 0 heterocycles. The maximum Gasteiger partial charge on any atom is 0.0791 e. The van der Waals surface area contributed by atoms with Gasteiger partial charge in [-0.3, -0.25) is 0 Å². The second-order valence-corrected chi connectivity index (χ2v) is 5.27. The number of benzene rings is 1. The fourth-order valence-corrected chi connectivity index (χ4v) is 2.30. The van der Waals surface area contributed by atoms with Crippen LogP contribution in [0.5, 0.6) is 0 Å². The fraction of sp³-hybridized carbons (Fsp3) is 0.500. The van der Waals surface area contributed by atoms with Crippen LogP contribution in [0.25, 0.3) is 0 Å². The van der Waals surface area contributed by atoms with Crippen molar-refractivity contribution in [2.45, 2.75) is 32.3 Å². The number of aliphatic hydroxyl groups is 1. The number of nitrogens with one attached hydrogen (secondary N) is 1. The minimum atomic E-state index is -0.775. The van der Waals surface area contributed by atoms with Crippen molar-refractivity contribution < 1.29 is 5.11 Å². The van der Waals surface area contributed by atoms with E-state index in [-0.39, 0.29) is 0 Å². The average Bonchev–Trinajstić information content (AvgIpc) is 2.15. The SMILES string of the molecule is CCCC(C)(O)CNc1c(Cl)cc(N)cc1Cl. The van der Waals surface area contributed by atoms with Crippen molar-refractivity contribution >= 4 is 34.6 Å². The first kappa shape index (κ1) is 14.4. The lowest BCUT2D eigenvalue weighted by Crippen LogP contribution is -2.33. The van der Waals surface area contributed by atoms with E-state index in [9.17, 15) is 5.11 Å². The van der Waals surface area contributed by atoms with E-state index in [0.717, 1.165) is 6.42 Å².